The van der Waals surface area contributed by atoms with Crippen molar-refractivity contribution in [3.63, 3.8) is 0 Å². The van der Waals surface area contributed by atoms with Crippen molar-refractivity contribution in [1.29, 1.82) is 0 Å². The molecule has 5 heteroatoms. The fourth-order valence-electron chi connectivity index (χ4n) is 1.70. The molecule has 0 heterocycles. The van der Waals surface area contributed by atoms with E-state index in [0.29, 0.717) is 6.42 Å². The Kier molecular flexibility index (Phi) is 5.06. The maximum absolute atomic E-state index is 12.0. The summed E-state index contributed by atoms with van der Waals surface area (Å²) in [6.45, 7) is 3.57. The summed E-state index contributed by atoms with van der Waals surface area (Å²) in [5.74, 6) is -1.18. The monoisotopic (exact) mass is 264 g/mol. The first-order valence-electron chi connectivity index (χ1n) is 6.16. The third-order valence-corrected chi connectivity index (χ3v) is 2.87. The molecule has 1 rings (SSSR count). The first-order chi connectivity index (χ1) is 8.82. The number of carbonyl (C=O) groups excluding carboxylic acids is 1. The predicted octanol–water partition coefficient (Wildman–Crippen LogP) is 1.45. The van der Waals surface area contributed by atoms with Crippen molar-refractivity contribution in [3.05, 3.63) is 35.9 Å². The van der Waals surface area contributed by atoms with Crippen LogP contribution in [0.2, 0.25) is 0 Å². The fraction of sp³-hybridized carbons (Fsp3) is 0.429. The van der Waals surface area contributed by atoms with Crippen LogP contribution in [-0.2, 0) is 9.59 Å². The Morgan fingerprint density at radius 1 is 1.32 bits per heavy atom. The maximum Gasteiger partial charge on any atom is 0.303 e. The molecular weight excluding hydrogens is 244 g/mol. The lowest BCUT2D eigenvalue weighted by Gasteiger charge is -2.27. The average Bonchev–Trinajstić information content (AvgIpc) is 2.36. The van der Waals surface area contributed by atoms with Crippen LogP contribution in [0.15, 0.2) is 30.3 Å². The number of hydrogen-bond donors (Lipinski definition) is 3. The highest BCUT2D eigenvalue weighted by atomic mass is 16.4. The molecule has 0 saturated heterocycles. The molecular formula is C14H20N2O3. The molecule has 0 aliphatic rings. The van der Waals surface area contributed by atoms with Crippen LogP contribution in [0.4, 0.5) is 0 Å². The Labute approximate surface area is 112 Å². The Bertz CT molecular complexity index is 443. The SMILES string of the molecule is CC(C)(CCC(=O)O)NC(=O)[C@H](N)c1ccccc1. The normalized spacial score (nSPS) is 12.8. The molecule has 104 valence electrons. The van der Waals surface area contributed by atoms with Crippen molar-refractivity contribution in [1.82, 2.24) is 5.32 Å². The molecule has 1 atom stereocenters. The van der Waals surface area contributed by atoms with Crippen LogP contribution in [0.25, 0.3) is 0 Å². The van der Waals surface area contributed by atoms with E-state index in [1.807, 2.05) is 18.2 Å². The van der Waals surface area contributed by atoms with E-state index in [1.54, 1.807) is 26.0 Å². The number of rotatable bonds is 6. The van der Waals surface area contributed by atoms with Crippen molar-refractivity contribution >= 4 is 11.9 Å². The number of nitrogens with two attached hydrogens (primary N) is 1. The molecule has 0 saturated carbocycles. The number of carboxylic acid groups (broad SMARTS) is 1. The molecule has 0 aromatic heterocycles. The van der Waals surface area contributed by atoms with E-state index in [1.165, 1.54) is 0 Å². The minimum Gasteiger partial charge on any atom is -0.481 e. The van der Waals surface area contributed by atoms with Gasteiger partial charge in [0.05, 0.1) is 0 Å². The lowest BCUT2D eigenvalue weighted by molar-refractivity contribution is -0.138. The van der Waals surface area contributed by atoms with Crippen molar-refractivity contribution in [2.24, 2.45) is 5.73 Å². The van der Waals surface area contributed by atoms with Gasteiger partial charge in [-0.25, -0.2) is 0 Å². The van der Waals surface area contributed by atoms with Crippen molar-refractivity contribution in [3.8, 4) is 0 Å². The molecule has 0 fully saturated rings. The summed E-state index contributed by atoms with van der Waals surface area (Å²) in [6.07, 6.45) is 0.365. The quantitative estimate of drug-likeness (QED) is 0.725. The molecule has 1 aromatic carbocycles. The summed E-state index contributed by atoms with van der Waals surface area (Å²) in [4.78, 5) is 22.6. The second-order valence-electron chi connectivity index (χ2n) is 5.16. The van der Waals surface area contributed by atoms with Gasteiger partial charge in [0.15, 0.2) is 0 Å². The van der Waals surface area contributed by atoms with Crippen LogP contribution in [0.1, 0.15) is 38.3 Å². The molecule has 5 nitrogen and oxygen atoms in total. The highest BCUT2D eigenvalue weighted by Crippen LogP contribution is 2.15. The summed E-state index contributed by atoms with van der Waals surface area (Å²) in [6, 6.07) is 8.31. The standard InChI is InChI=1S/C14H20N2O3/c1-14(2,9-8-11(17)18)16-13(19)12(15)10-6-4-3-5-7-10/h3-7,12H,8-9,15H2,1-2H3,(H,16,19)(H,17,18)/t12-/m1/s1. The lowest BCUT2D eigenvalue weighted by Crippen LogP contribution is -2.47. The van der Waals surface area contributed by atoms with Crippen LogP contribution < -0.4 is 11.1 Å². The van der Waals surface area contributed by atoms with Gasteiger partial charge in [0.1, 0.15) is 6.04 Å². The molecule has 4 N–H and O–H groups in total. The zero-order chi connectivity index (χ0) is 14.5. The van der Waals surface area contributed by atoms with Gasteiger partial charge in [-0.2, -0.15) is 0 Å². The third-order valence-electron chi connectivity index (χ3n) is 2.87. The lowest BCUT2D eigenvalue weighted by atomic mass is 9.97. The first-order valence-corrected chi connectivity index (χ1v) is 6.16. The number of carboxylic acids is 1. The third kappa shape index (κ3) is 5.09. The van der Waals surface area contributed by atoms with Crippen molar-refractivity contribution in [2.45, 2.75) is 38.3 Å². The Balaban J connectivity index is 2.61. The molecule has 0 spiro atoms. The molecule has 1 aromatic rings. The van der Waals surface area contributed by atoms with Gasteiger partial charge in [0.2, 0.25) is 5.91 Å². The van der Waals surface area contributed by atoms with E-state index in [-0.39, 0.29) is 12.3 Å². The highest BCUT2D eigenvalue weighted by molar-refractivity contribution is 5.83. The number of benzene rings is 1. The average molecular weight is 264 g/mol. The minimum atomic E-state index is -0.880. The van der Waals surface area contributed by atoms with Gasteiger partial charge in [-0.1, -0.05) is 30.3 Å². The van der Waals surface area contributed by atoms with E-state index in [9.17, 15) is 9.59 Å². The Morgan fingerprint density at radius 3 is 2.42 bits per heavy atom. The summed E-state index contributed by atoms with van der Waals surface area (Å²) >= 11 is 0. The number of nitrogens with one attached hydrogen (secondary N) is 1. The van der Waals surface area contributed by atoms with Crippen molar-refractivity contribution in [2.75, 3.05) is 0 Å². The molecule has 1 amide bonds. The molecule has 0 radical (unpaired) electrons. The van der Waals surface area contributed by atoms with Gasteiger partial charge in [0.25, 0.3) is 0 Å². The number of hydrogen-bond acceptors (Lipinski definition) is 3. The van der Waals surface area contributed by atoms with E-state index in [4.69, 9.17) is 10.8 Å². The first kappa shape index (κ1) is 15.2. The van der Waals surface area contributed by atoms with Crippen LogP contribution in [-0.4, -0.2) is 22.5 Å². The van der Waals surface area contributed by atoms with Gasteiger partial charge < -0.3 is 16.2 Å². The smallest absolute Gasteiger partial charge is 0.303 e. The van der Waals surface area contributed by atoms with Crippen LogP contribution in [0.3, 0.4) is 0 Å². The molecule has 0 unspecified atom stereocenters. The second kappa shape index (κ2) is 6.33. The van der Waals surface area contributed by atoms with E-state index >= 15 is 0 Å². The van der Waals surface area contributed by atoms with Gasteiger partial charge in [0, 0.05) is 12.0 Å². The summed E-state index contributed by atoms with van der Waals surface area (Å²) in [7, 11) is 0. The van der Waals surface area contributed by atoms with Gasteiger partial charge >= 0.3 is 5.97 Å². The molecule has 0 aliphatic carbocycles. The zero-order valence-electron chi connectivity index (χ0n) is 11.2. The largest absolute Gasteiger partial charge is 0.481 e. The number of aliphatic carboxylic acids is 1. The Hall–Kier alpha value is -1.88. The summed E-state index contributed by atoms with van der Waals surface area (Å²) < 4.78 is 0. The maximum atomic E-state index is 12.0. The van der Waals surface area contributed by atoms with Crippen molar-refractivity contribution < 1.29 is 14.7 Å². The molecule has 0 aliphatic heterocycles. The fourth-order valence-corrected chi connectivity index (χ4v) is 1.70. The van der Waals surface area contributed by atoms with Crippen LogP contribution in [0.5, 0.6) is 0 Å². The predicted molar refractivity (Wildman–Crippen MR) is 72.5 cm³/mol. The summed E-state index contributed by atoms with van der Waals surface area (Å²) in [5, 5.41) is 11.4. The van der Waals surface area contributed by atoms with Crippen LogP contribution in [0, 0.1) is 0 Å². The molecule has 0 bridgehead atoms. The number of amides is 1. The van der Waals surface area contributed by atoms with E-state index in [0.717, 1.165) is 5.56 Å². The number of carbonyl (C=O) groups is 2. The zero-order valence-corrected chi connectivity index (χ0v) is 11.2. The van der Waals surface area contributed by atoms with Gasteiger partial charge in [-0.15, -0.1) is 0 Å². The molecule has 19 heavy (non-hydrogen) atoms. The van der Waals surface area contributed by atoms with E-state index < -0.39 is 17.6 Å². The van der Waals surface area contributed by atoms with Crippen LogP contribution >= 0.6 is 0 Å². The minimum absolute atomic E-state index is 0.00779. The second-order valence-corrected chi connectivity index (χ2v) is 5.16. The summed E-state index contributed by atoms with van der Waals surface area (Å²) in [5.41, 5.74) is 6.01. The highest BCUT2D eigenvalue weighted by Gasteiger charge is 2.25. The van der Waals surface area contributed by atoms with Gasteiger partial charge in [-0.05, 0) is 25.8 Å². The van der Waals surface area contributed by atoms with E-state index in [2.05, 4.69) is 5.32 Å². The topological polar surface area (TPSA) is 92.4 Å². The Morgan fingerprint density at radius 2 is 1.89 bits per heavy atom. The van der Waals surface area contributed by atoms with Gasteiger partial charge in [-0.3, -0.25) is 9.59 Å².